The van der Waals surface area contributed by atoms with Gasteiger partial charge in [-0.05, 0) is 68.3 Å². The lowest BCUT2D eigenvalue weighted by atomic mass is 10.1. The average molecular weight is 425 g/mol. The number of nitrogens with zero attached hydrogens (tertiary/aromatic N) is 2. The lowest BCUT2D eigenvalue weighted by molar-refractivity contribution is 0.102. The van der Waals surface area contributed by atoms with Crippen LogP contribution in [-0.2, 0) is 7.05 Å². The van der Waals surface area contributed by atoms with E-state index in [2.05, 4.69) is 15.7 Å². The van der Waals surface area contributed by atoms with Gasteiger partial charge in [0.05, 0.1) is 12.3 Å². The molecule has 6 nitrogen and oxygen atoms in total. The van der Waals surface area contributed by atoms with E-state index >= 15 is 0 Å². The Balaban J connectivity index is 1.54. The number of halogens is 1. The largest absolute Gasteiger partial charge is 0.493 e. The number of rotatable bonds is 7. The Kier molecular flexibility index (Phi) is 6.35. The van der Waals surface area contributed by atoms with Gasteiger partial charge in [-0.15, -0.1) is 0 Å². The monoisotopic (exact) mass is 424 g/mol. The fourth-order valence-electron chi connectivity index (χ4n) is 3.72. The first-order chi connectivity index (χ1) is 14.6. The molecule has 1 saturated heterocycles. The number of hydrogen-bond donors (Lipinski definition) is 2. The van der Waals surface area contributed by atoms with Crippen LogP contribution >= 0.6 is 11.6 Å². The van der Waals surface area contributed by atoms with Crippen molar-refractivity contribution in [3.63, 3.8) is 0 Å². The first-order valence-electron chi connectivity index (χ1n) is 10.2. The predicted octanol–water partition coefficient (Wildman–Crippen LogP) is 4.51. The maximum absolute atomic E-state index is 12.6. The van der Waals surface area contributed by atoms with Crippen molar-refractivity contribution < 1.29 is 9.53 Å². The van der Waals surface area contributed by atoms with Gasteiger partial charge in [-0.3, -0.25) is 9.48 Å². The van der Waals surface area contributed by atoms with Crippen LogP contribution in [0.15, 0.2) is 54.7 Å². The highest BCUT2D eigenvalue weighted by molar-refractivity contribution is 6.31. The van der Waals surface area contributed by atoms with Crippen molar-refractivity contribution in [2.24, 2.45) is 7.05 Å². The molecule has 1 amide bonds. The van der Waals surface area contributed by atoms with Crippen molar-refractivity contribution in [3.05, 3.63) is 65.3 Å². The minimum absolute atomic E-state index is 0.213. The number of ether oxygens (including phenoxy) is 1. The summed E-state index contributed by atoms with van der Waals surface area (Å²) in [7, 11) is 1.89. The molecular formula is C23H25ClN4O2. The molecule has 1 atom stereocenters. The molecule has 1 aliphatic heterocycles. The van der Waals surface area contributed by atoms with Crippen LogP contribution in [0, 0.1) is 0 Å². The number of nitrogens with one attached hydrogen (secondary N) is 2. The third kappa shape index (κ3) is 4.83. The molecule has 0 radical (unpaired) electrons. The normalized spacial score (nSPS) is 15.9. The molecule has 2 N–H and O–H groups in total. The van der Waals surface area contributed by atoms with Gasteiger partial charge in [0.1, 0.15) is 5.75 Å². The zero-order valence-corrected chi connectivity index (χ0v) is 17.7. The number of hydrogen-bond acceptors (Lipinski definition) is 4. The molecule has 4 rings (SSSR count). The summed E-state index contributed by atoms with van der Waals surface area (Å²) in [5.41, 5.74) is 3.00. The Morgan fingerprint density at radius 2 is 2.20 bits per heavy atom. The molecule has 1 unspecified atom stereocenters. The van der Waals surface area contributed by atoms with Crippen molar-refractivity contribution in [3.8, 4) is 17.0 Å². The van der Waals surface area contributed by atoms with E-state index in [0.717, 1.165) is 30.0 Å². The van der Waals surface area contributed by atoms with Gasteiger partial charge in [0.2, 0.25) is 0 Å². The Hall–Kier alpha value is -2.83. The summed E-state index contributed by atoms with van der Waals surface area (Å²) in [5, 5.41) is 11.2. The molecule has 0 aliphatic carbocycles. The second-order valence-corrected chi connectivity index (χ2v) is 7.88. The molecule has 0 saturated carbocycles. The van der Waals surface area contributed by atoms with Gasteiger partial charge in [-0.25, -0.2) is 0 Å². The van der Waals surface area contributed by atoms with Crippen LogP contribution in [0.25, 0.3) is 11.3 Å². The second-order valence-electron chi connectivity index (χ2n) is 7.45. The molecule has 1 aromatic heterocycles. The molecular weight excluding hydrogens is 400 g/mol. The van der Waals surface area contributed by atoms with Crippen molar-refractivity contribution in [2.75, 3.05) is 18.5 Å². The quantitative estimate of drug-likeness (QED) is 0.585. The maximum atomic E-state index is 12.6. The van der Waals surface area contributed by atoms with E-state index in [1.807, 2.05) is 31.3 Å². The zero-order valence-electron chi connectivity index (χ0n) is 16.9. The van der Waals surface area contributed by atoms with Gasteiger partial charge in [0.15, 0.2) is 0 Å². The number of carbonyl (C=O) groups excluding carboxylic acids is 1. The van der Waals surface area contributed by atoms with E-state index in [1.165, 1.54) is 12.8 Å². The fraction of sp³-hybridized carbons (Fsp3) is 0.304. The summed E-state index contributed by atoms with van der Waals surface area (Å²) in [5.74, 6) is 0.562. The third-order valence-electron chi connectivity index (χ3n) is 5.31. The topological polar surface area (TPSA) is 68.2 Å². The Labute approximate surface area is 181 Å². The summed E-state index contributed by atoms with van der Waals surface area (Å²) >= 11 is 6.01. The SMILES string of the molecule is Cn1nccc1-c1cc(NC(=O)c2cccc(Cl)c2)ccc1OCCC1CCCN1. The first-order valence-corrected chi connectivity index (χ1v) is 10.5. The molecule has 2 aromatic carbocycles. The van der Waals surface area contributed by atoms with Gasteiger partial charge >= 0.3 is 0 Å². The molecule has 2 heterocycles. The van der Waals surface area contributed by atoms with Crippen LogP contribution in [0.1, 0.15) is 29.6 Å². The molecule has 0 bridgehead atoms. The Bertz CT molecular complexity index is 1030. The van der Waals surface area contributed by atoms with Gasteiger partial charge < -0.3 is 15.4 Å². The Morgan fingerprint density at radius 3 is 2.93 bits per heavy atom. The van der Waals surface area contributed by atoms with Crippen molar-refractivity contribution in [1.82, 2.24) is 15.1 Å². The summed E-state index contributed by atoms with van der Waals surface area (Å²) in [4.78, 5) is 12.6. The number of benzene rings is 2. The number of anilines is 1. The number of carbonyl (C=O) groups is 1. The number of aryl methyl sites for hydroxylation is 1. The minimum atomic E-state index is -0.213. The van der Waals surface area contributed by atoms with Gasteiger partial charge in [-0.1, -0.05) is 17.7 Å². The zero-order chi connectivity index (χ0) is 20.9. The highest BCUT2D eigenvalue weighted by Gasteiger charge is 2.16. The van der Waals surface area contributed by atoms with Crippen LogP contribution in [-0.4, -0.2) is 34.9 Å². The molecule has 0 spiro atoms. The first kappa shape index (κ1) is 20.4. The Morgan fingerprint density at radius 1 is 1.30 bits per heavy atom. The van der Waals surface area contributed by atoms with Gasteiger partial charge in [0, 0.05) is 41.1 Å². The van der Waals surface area contributed by atoms with Crippen LogP contribution in [0.4, 0.5) is 5.69 Å². The average Bonchev–Trinajstić information content (AvgIpc) is 3.40. The predicted molar refractivity (Wildman–Crippen MR) is 119 cm³/mol. The van der Waals surface area contributed by atoms with Crippen molar-refractivity contribution in [1.29, 1.82) is 0 Å². The van der Waals surface area contributed by atoms with E-state index in [0.29, 0.717) is 28.9 Å². The van der Waals surface area contributed by atoms with E-state index < -0.39 is 0 Å². The van der Waals surface area contributed by atoms with E-state index in [1.54, 1.807) is 35.1 Å². The van der Waals surface area contributed by atoms with Gasteiger partial charge in [0.25, 0.3) is 5.91 Å². The standard InChI is InChI=1S/C23H25ClN4O2/c1-28-21(9-12-26-28)20-15-19(27-23(29)16-4-2-5-17(24)14-16)7-8-22(20)30-13-10-18-6-3-11-25-18/h2,4-5,7-9,12,14-15,18,25H,3,6,10-11,13H2,1H3,(H,27,29). The third-order valence-corrected chi connectivity index (χ3v) is 5.54. The van der Waals surface area contributed by atoms with Crippen LogP contribution in [0.3, 0.4) is 0 Å². The molecule has 7 heteroatoms. The van der Waals surface area contributed by atoms with Crippen LogP contribution in [0.5, 0.6) is 5.75 Å². The summed E-state index contributed by atoms with van der Waals surface area (Å²) in [6.07, 6.45) is 5.15. The summed E-state index contributed by atoms with van der Waals surface area (Å²) in [6, 6.07) is 15.0. The molecule has 156 valence electrons. The van der Waals surface area contributed by atoms with Crippen LogP contribution in [0.2, 0.25) is 5.02 Å². The summed E-state index contributed by atoms with van der Waals surface area (Å²) < 4.78 is 7.92. The second kappa shape index (κ2) is 9.32. The lowest BCUT2D eigenvalue weighted by Gasteiger charge is -2.16. The smallest absolute Gasteiger partial charge is 0.255 e. The van der Waals surface area contributed by atoms with E-state index in [4.69, 9.17) is 16.3 Å². The molecule has 1 aliphatic rings. The highest BCUT2D eigenvalue weighted by Crippen LogP contribution is 2.33. The summed E-state index contributed by atoms with van der Waals surface area (Å²) in [6.45, 7) is 1.72. The minimum Gasteiger partial charge on any atom is -0.493 e. The fourth-order valence-corrected chi connectivity index (χ4v) is 3.91. The molecule has 1 fully saturated rings. The highest BCUT2D eigenvalue weighted by atomic mass is 35.5. The number of aromatic nitrogens is 2. The molecule has 30 heavy (non-hydrogen) atoms. The van der Waals surface area contributed by atoms with Gasteiger partial charge in [-0.2, -0.15) is 5.10 Å². The van der Waals surface area contributed by atoms with Crippen LogP contribution < -0.4 is 15.4 Å². The maximum Gasteiger partial charge on any atom is 0.255 e. The van der Waals surface area contributed by atoms with E-state index in [-0.39, 0.29) is 5.91 Å². The van der Waals surface area contributed by atoms with Crippen molar-refractivity contribution >= 4 is 23.2 Å². The van der Waals surface area contributed by atoms with E-state index in [9.17, 15) is 4.79 Å². The van der Waals surface area contributed by atoms with Crippen molar-refractivity contribution in [2.45, 2.75) is 25.3 Å². The lowest BCUT2D eigenvalue weighted by Crippen LogP contribution is -2.23. The number of amides is 1. The molecule has 3 aromatic rings.